The van der Waals surface area contributed by atoms with Crippen molar-refractivity contribution in [1.82, 2.24) is 14.5 Å². The molecule has 7 nitrogen and oxygen atoms in total. The van der Waals surface area contributed by atoms with Crippen LogP contribution in [0, 0.1) is 0 Å². The summed E-state index contributed by atoms with van der Waals surface area (Å²) in [5.41, 5.74) is 0.676. The van der Waals surface area contributed by atoms with Crippen LogP contribution in [0.5, 0.6) is 0 Å². The Kier molecular flexibility index (Phi) is 11.5. The minimum Gasteiger partial charge on any atom is -0.354 e. The molecule has 2 amide bonds. The van der Waals surface area contributed by atoms with E-state index in [-0.39, 0.29) is 36.2 Å². The van der Waals surface area contributed by atoms with Gasteiger partial charge in [0.2, 0.25) is 21.8 Å². The second-order valence-electron chi connectivity index (χ2n) is 8.22. The zero-order valence-corrected chi connectivity index (χ0v) is 22.7. The maximum absolute atomic E-state index is 13.3. The monoisotopic (exact) mass is 541 g/mol. The highest BCUT2D eigenvalue weighted by Gasteiger charge is 2.29. The Morgan fingerprint density at radius 3 is 2.34 bits per heavy atom. The van der Waals surface area contributed by atoms with Crippen LogP contribution in [0.15, 0.2) is 53.4 Å². The largest absolute Gasteiger partial charge is 0.354 e. The zero-order valence-electron chi connectivity index (χ0n) is 20.3. The number of hydrogen-bond donors (Lipinski definition) is 1. The zero-order chi connectivity index (χ0) is 26.0. The van der Waals surface area contributed by atoms with Gasteiger partial charge in [-0.1, -0.05) is 61.3 Å². The number of sulfonamides is 1. The Balaban J connectivity index is 2.15. The maximum atomic E-state index is 13.3. The number of benzene rings is 2. The van der Waals surface area contributed by atoms with Crippen LogP contribution in [0.2, 0.25) is 10.0 Å². The number of halogens is 2. The van der Waals surface area contributed by atoms with Gasteiger partial charge in [0.1, 0.15) is 6.04 Å². The van der Waals surface area contributed by atoms with E-state index in [9.17, 15) is 18.0 Å². The molecular formula is C25H33Cl2N3O4S. The molecule has 0 aliphatic carbocycles. The van der Waals surface area contributed by atoms with Crippen LogP contribution in [-0.2, 0) is 26.2 Å². The summed E-state index contributed by atoms with van der Waals surface area (Å²) >= 11 is 12.4. The number of rotatable bonds is 13. The molecule has 1 atom stereocenters. The average Bonchev–Trinajstić information content (AvgIpc) is 2.84. The second kappa shape index (κ2) is 13.8. The topological polar surface area (TPSA) is 86.8 Å². The van der Waals surface area contributed by atoms with Gasteiger partial charge in [-0.05, 0) is 49.1 Å². The first-order valence-corrected chi connectivity index (χ1v) is 13.8. The lowest BCUT2D eigenvalue weighted by atomic mass is 10.1. The first kappa shape index (κ1) is 29.1. The minimum atomic E-state index is -3.65. The molecule has 10 heteroatoms. The van der Waals surface area contributed by atoms with Gasteiger partial charge in [0.15, 0.2) is 0 Å². The van der Waals surface area contributed by atoms with E-state index >= 15 is 0 Å². The summed E-state index contributed by atoms with van der Waals surface area (Å²) in [4.78, 5) is 27.9. The minimum absolute atomic E-state index is 0.0808. The van der Waals surface area contributed by atoms with E-state index < -0.39 is 16.1 Å². The molecule has 2 aromatic rings. The predicted octanol–water partition coefficient (Wildman–Crippen LogP) is 4.73. The number of carbonyl (C=O) groups is 2. The third-order valence-corrected chi connectivity index (χ3v) is 8.06. The summed E-state index contributed by atoms with van der Waals surface area (Å²) in [6, 6.07) is 12.5. The highest BCUT2D eigenvalue weighted by Crippen LogP contribution is 2.24. The van der Waals surface area contributed by atoms with Crippen molar-refractivity contribution in [2.75, 3.05) is 20.1 Å². The lowest BCUT2D eigenvalue weighted by Crippen LogP contribution is -2.49. The van der Waals surface area contributed by atoms with Gasteiger partial charge in [-0.3, -0.25) is 9.59 Å². The van der Waals surface area contributed by atoms with Crippen molar-refractivity contribution in [3.05, 3.63) is 64.1 Å². The molecule has 1 N–H and O–H groups in total. The number of amides is 2. The van der Waals surface area contributed by atoms with Crippen molar-refractivity contribution >= 4 is 45.0 Å². The molecule has 0 bridgehead atoms. The van der Waals surface area contributed by atoms with Crippen LogP contribution >= 0.6 is 23.2 Å². The van der Waals surface area contributed by atoms with Crippen molar-refractivity contribution in [2.45, 2.75) is 57.0 Å². The summed E-state index contributed by atoms with van der Waals surface area (Å²) in [6.07, 6.45) is 1.59. The van der Waals surface area contributed by atoms with Crippen molar-refractivity contribution in [3.8, 4) is 0 Å². The quantitative estimate of drug-likeness (QED) is 0.397. The third-order valence-electron chi connectivity index (χ3n) is 5.61. The normalized spacial score (nSPS) is 12.4. The van der Waals surface area contributed by atoms with Crippen molar-refractivity contribution < 1.29 is 18.0 Å². The standard InChI is InChI=1S/C25H33Cl2N3O4S/c1-4-15-28-25(32)23(5-2)30(18-19-13-14-20(26)17-22(19)27)24(31)12-9-16-29(3)35(33,34)21-10-7-6-8-11-21/h6-8,10-11,13-14,17,23H,4-5,9,12,15-16,18H2,1-3H3,(H,28,32). The molecule has 2 aromatic carbocycles. The van der Waals surface area contributed by atoms with Gasteiger partial charge in [0, 0.05) is 43.1 Å². The SMILES string of the molecule is CCCNC(=O)C(CC)N(Cc1ccc(Cl)cc1Cl)C(=O)CCCN(C)S(=O)(=O)c1ccccc1. The Bertz CT molecular complexity index is 1100. The van der Waals surface area contributed by atoms with E-state index in [2.05, 4.69) is 5.32 Å². The Morgan fingerprint density at radius 1 is 1.06 bits per heavy atom. The molecule has 0 aromatic heterocycles. The first-order chi connectivity index (χ1) is 16.6. The highest BCUT2D eigenvalue weighted by atomic mass is 35.5. The Hall–Kier alpha value is -2.13. The van der Waals surface area contributed by atoms with Crippen molar-refractivity contribution in [2.24, 2.45) is 0 Å². The van der Waals surface area contributed by atoms with Gasteiger partial charge >= 0.3 is 0 Å². The molecule has 35 heavy (non-hydrogen) atoms. The van der Waals surface area contributed by atoms with Gasteiger partial charge in [-0.25, -0.2) is 12.7 Å². The molecule has 0 radical (unpaired) electrons. The van der Waals surface area contributed by atoms with Crippen LogP contribution in [0.3, 0.4) is 0 Å². The molecule has 0 aliphatic rings. The lowest BCUT2D eigenvalue weighted by Gasteiger charge is -2.31. The van der Waals surface area contributed by atoms with Crippen LogP contribution in [-0.4, -0.2) is 55.6 Å². The van der Waals surface area contributed by atoms with Crippen LogP contribution in [0.25, 0.3) is 0 Å². The average molecular weight is 543 g/mol. The molecule has 1 unspecified atom stereocenters. The second-order valence-corrected chi connectivity index (χ2v) is 11.1. The van der Waals surface area contributed by atoms with Gasteiger partial charge in [-0.15, -0.1) is 0 Å². The summed E-state index contributed by atoms with van der Waals surface area (Å²) in [5, 5.41) is 3.75. The molecule has 0 heterocycles. The van der Waals surface area contributed by atoms with Gasteiger partial charge in [-0.2, -0.15) is 0 Å². The summed E-state index contributed by atoms with van der Waals surface area (Å²) in [6.45, 7) is 4.63. The Morgan fingerprint density at radius 2 is 1.74 bits per heavy atom. The number of nitrogens with zero attached hydrogens (tertiary/aromatic N) is 2. The van der Waals surface area contributed by atoms with Gasteiger partial charge < -0.3 is 10.2 Å². The first-order valence-electron chi connectivity index (χ1n) is 11.6. The highest BCUT2D eigenvalue weighted by molar-refractivity contribution is 7.89. The van der Waals surface area contributed by atoms with E-state index in [1.165, 1.54) is 28.4 Å². The fraction of sp³-hybridized carbons (Fsp3) is 0.440. The van der Waals surface area contributed by atoms with E-state index in [1.807, 2.05) is 13.8 Å². The molecule has 0 saturated heterocycles. The smallest absolute Gasteiger partial charge is 0.242 e. The molecule has 192 valence electrons. The Labute approximate surface area is 218 Å². The molecule has 0 fully saturated rings. The maximum Gasteiger partial charge on any atom is 0.242 e. The van der Waals surface area contributed by atoms with E-state index in [0.29, 0.717) is 35.0 Å². The molecule has 0 saturated carbocycles. The molecule has 0 spiro atoms. The fourth-order valence-corrected chi connectivity index (χ4v) is 5.31. The fourth-order valence-electron chi connectivity index (χ4n) is 3.61. The number of carbonyl (C=O) groups excluding carboxylic acids is 2. The lowest BCUT2D eigenvalue weighted by molar-refractivity contribution is -0.141. The van der Waals surface area contributed by atoms with Gasteiger partial charge in [0.25, 0.3) is 0 Å². The van der Waals surface area contributed by atoms with Crippen LogP contribution in [0.1, 0.15) is 45.1 Å². The summed E-state index contributed by atoms with van der Waals surface area (Å²) < 4.78 is 26.7. The van der Waals surface area contributed by atoms with E-state index in [4.69, 9.17) is 23.2 Å². The summed E-state index contributed by atoms with van der Waals surface area (Å²) in [5.74, 6) is -0.475. The van der Waals surface area contributed by atoms with Crippen molar-refractivity contribution in [3.63, 3.8) is 0 Å². The summed E-state index contributed by atoms with van der Waals surface area (Å²) in [7, 11) is -2.15. The van der Waals surface area contributed by atoms with Gasteiger partial charge in [0.05, 0.1) is 4.90 Å². The van der Waals surface area contributed by atoms with E-state index in [0.717, 1.165) is 6.42 Å². The van der Waals surface area contributed by atoms with Crippen molar-refractivity contribution in [1.29, 1.82) is 0 Å². The molecule has 0 aliphatic heterocycles. The van der Waals surface area contributed by atoms with Crippen LogP contribution in [0.4, 0.5) is 0 Å². The molecular weight excluding hydrogens is 509 g/mol. The predicted molar refractivity (Wildman–Crippen MR) is 140 cm³/mol. The number of hydrogen-bond acceptors (Lipinski definition) is 4. The van der Waals surface area contributed by atoms with E-state index in [1.54, 1.807) is 36.4 Å². The molecule has 2 rings (SSSR count). The number of nitrogens with one attached hydrogen (secondary N) is 1. The third kappa shape index (κ3) is 8.20. The van der Waals surface area contributed by atoms with Crippen LogP contribution < -0.4 is 5.32 Å².